The number of rotatable bonds is 10. The maximum absolute atomic E-state index is 3.79. The van der Waals surface area contributed by atoms with Gasteiger partial charge < -0.3 is 0 Å². The molecule has 0 atom stereocenters. The normalized spacial score (nSPS) is 13.2. The fourth-order valence-corrected chi connectivity index (χ4v) is 9.08. The fraction of sp³-hybridized carbons (Fsp3) is 1.00. The molecule has 0 aliphatic rings. The largest absolute Gasteiger partial charge is 0.242 e. The maximum atomic E-state index is 3.79. The third kappa shape index (κ3) is 8.67. The lowest BCUT2D eigenvalue weighted by Crippen LogP contribution is -2.23. The summed E-state index contributed by atoms with van der Waals surface area (Å²) < 4.78 is 2.40. The number of nitrogens with zero attached hydrogens (tertiary/aromatic N) is 1. The van der Waals surface area contributed by atoms with Gasteiger partial charge in [0.15, 0.2) is 0 Å². The minimum atomic E-state index is 0.172. The van der Waals surface area contributed by atoms with Crippen molar-refractivity contribution in [2.45, 2.75) is 78.0 Å². The number of halogens is 1. The minimum Gasteiger partial charge on any atom is -0.242 e. The van der Waals surface area contributed by atoms with Gasteiger partial charge in [-0.3, -0.25) is 0 Å². The third-order valence-corrected chi connectivity index (χ3v) is 11.3. The van der Waals surface area contributed by atoms with Crippen LogP contribution in [0, 0.1) is 0 Å². The van der Waals surface area contributed by atoms with E-state index in [4.69, 9.17) is 0 Å². The molecule has 122 valence electrons. The Morgan fingerprint density at radius 2 is 0.900 bits per heavy atom. The molecule has 0 amide bonds. The molecular weight excluding hydrogens is 348 g/mol. The van der Waals surface area contributed by atoms with E-state index in [0.717, 1.165) is 22.6 Å². The topological polar surface area (TPSA) is 3.24 Å². The SMILES string of the molecule is CC(C)P(CCN(Br)CCP(C(C)C)C(C)C)C(C)C. The predicted molar refractivity (Wildman–Crippen MR) is 105 cm³/mol. The summed E-state index contributed by atoms with van der Waals surface area (Å²) in [6, 6.07) is 0. The van der Waals surface area contributed by atoms with E-state index in [-0.39, 0.29) is 15.8 Å². The van der Waals surface area contributed by atoms with Gasteiger partial charge in [-0.2, -0.15) is 0 Å². The van der Waals surface area contributed by atoms with Crippen LogP contribution >= 0.6 is 32.0 Å². The van der Waals surface area contributed by atoms with Crippen LogP contribution in [0.5, 0.6) is 0 Å². The van der Waals surface area contributed by atoms with Crippen molar-refractivity contribution in [1.29, 1.82) is 0 Å². The molecule has 0 spiro atoms. The summed E-state index contributed by atoms with van der Waals surface area (Å²) in [6.07, 6.45) is 2.74. The molecule has 0 N–H and O–H groups in total. The molecule has 0 aromatic rings. The Labute approximate surface area is 139 Å². The molecule has 0 aromatic heterocycles. The molecule has 0 unspecified atom stereocenters. The van der Waals surface area contributed by atoms with Crippen LogP contribution in [0.2, 0.25) is 0 Å². The summed E-state index contributed by atoms with van der Waals surface area (Å²) in [5.41, 5.74) is 3.42. The van der Waals surface area contributed by atoms with Gasteiger partial charge >= 0.3 is 0 Å². The maximum Gasteiger partial charge on any atom is 0.0132 e. The second kappa shape index (κ2) is 10.9. The average molecular weight is 384 g/mol. The summed E-state index contributed by atoms with van der Waals surface area (Å²) in [6.45, 7) is 21.5. The second-order valence-corrected chi connectivity index (χ2v) is 14.8. The van der Waals surface area contributed by atoms with Gasteiger partial charge in [-0.25, -0.2) is 3.93 Å². The fourth-order valence-electron chi connectivity index (χ4n) is 2.79. The predicted octanol–water partition coefficient (Wildman–Crippen LogP) is 6.20. The van der Waals surface area contributed by atoms with E-state index in [2.05, 4.69) is 75.5 Å². The molecule has 0 rings (SSSR count). The van der Waals surface area contributed by atoms with Gasteiger partial charge in [0.2, 0.25) is 0 Å². The Morgan fingerprint density at radius 1 is 0.650 bits per heavy atom. The lowest BCUT2D eigenvalue weighted by atomic mass is 10.5. The Hall–Kier alpha value is 1.30. The smallest absolute Gasteiger partial charge is 0.0132 e. The highest BCUT2D eigenvalue weighted by atomic mass is 79.9. The van der Waals surface area contributed by atoms with Crippen LogP contribution in [0.1, 0.15) is 55.4 Å². The first kappa shape index (κ1) is 21.3. The van der Waals surface area contributed by atoms with Crippen LogP contribution in [0.4, 0.5) is 0 Å². The zero-order valence-electron chi connectivity index (χ0n) is 14.9. The van der Waals surface area contributed by atoms with Crippen LogP contribution in [-0.2, 0) is 0 Å². The molecule has 0 saturated carbocycles. The van der Waals surface area contributed by atoms with Crippen LogP contribution in [0.15, 0.2) is 0 Å². The Kier molecular flexibility index (Phi) is 11.6. The summed E-state index contributed by atoms with van der Waals surface area (Å²) in [4.78, 5) is 0. The van der Waals surface area contributed by atoms with Crippen molar-refractivity contribution in [2.24, 2.45) is 0 Å². The summed E-state index contributed by atoms with van der Waals surface area (Å²) in [5, 5.41) is 0. The highest BCUT2D eigenvalue weighted by Gasteiger charge is 2.19. The Balaban J connectivity index is 4.13. The molecule has 0 aromatic carbocycles. The van der Waals surface area contributed by atoms with Crippen molar-refractivity contribution in [3.05, 3.63) is 0 Å². The van der Waals surface area contributed by atoms with Crippen molar-refractivity contribution in [1.82, 2.24) is 3.93 Å². The monoisotopic (exact) mass is 383 g/mol. The van der Waals surface area contributed by atoms with Crippen LogP contribution in [-0.4, -0.2) is 52.0 Å². The van der Waals surface area contributed by atoms with Gasteiger partial charge in [0.25, 0.3) is 0 Å². The van der Waals surface area contributed by atoms with Crippen LogP contribution < -0.4 is 0 Å². The lowest BCUT2D eigenvalue weighted by Gasteiger charge is -2.29. The van der Waals surface area contributed by atoms with E-state index >= 15 is 0 Å². The molecule has 0 heterocycles. The van der Waals surface area contributed by atoms with Crippen molar-refractivity contribution in [3.8, 4) is 0 Å². The van der Waals surface area contributed by atoms with Gasteiger partial charge in [-0.05, 0) is 35.0 Å². The van der Waals surface area contributed by atoms with Crippen molar-refractivity contribution >= 4 is 32.0 Å². The van der Waals surface area contributed by atoms with Crippen LogP contribution in [0.3, 0.4) is 0 Å². The molecule has 0 bridgehead atoms. The number of hydrogen-bond donors (Lipinski definition) is 0. The third-order valence-electron chi connectivity index (χ3n) is 3.85. The highest BCUT2D eigenvalue weighted by Crippen LogP contribution is 2.47. The van der Waals surface area contributed by atoms with Gasteiger partial charge in [0.05, 0.1) is 0 Å². The molecule has 0 radical (unpaired) electrons. The Morgan fingerprint density at radius 3 is 1.10 bits per heavy atom. The Bertz CT molecular complexity index is 205. The average Bonchev–Trinajstić information content (AvgIpc) is 2.27. The molecule has 0 aliphatic carbocycles. The van der Waals surface area contributed by atoms with E-state index in [1.54, 1.807) is 0 Å². The zero-order chi connectivity index (χ0) is 15.9. The highest BCUT2D eigenvalue weighted by molar-refractivity contribution is 9.07. The molecular formula is C16H36BrNP2. The molecule has 1 nitrogen and oxygen atoms in total. The first-order valence-corrected chi connectivity index (χ1v) is 12.1. The van der Waals surface area contributed by atoms with E-state index < -0.39 is 0 Å². The zero-order valence-corrected chi connectivity index (χ0v) is 18.2. The molecule has 20 heavy (non-hydrogen) atoms. The van der Waals surface area contributed by atoms with E-state index in [0.29, 0.717) is 0 Å². The summed E-state index contributed by atoms with van der Waals surface area (Å²) >= 11 is 3.79. The molecule has 4 heteroatoms. The van der Waals surface area contributed by atoms with E-state index in [1.165, 1.54) is 25.4 Å². The van der Waals surface area contributed by atoms with Gasteiger partial charge in [0.1, 0.15) is 0 Å². The molecule has 0 aliphatic heterocycles. The summed E-state index contributed by atoms with van der Waals surface area (Å²) in [7, 11) is 0.343. The van der Waals surface area contributed by atoms with Crippen molar-refractivity contribution < 1.29 is 0 Å². The number of hydrogen-bond acceptors (Lipinski definition) is 1. The second-order valence-electron chi connectivity index (χ2n) is 6.76. The standard InChI is InChI=1S/C16H36BrNP2/c1-13(2)19(14(3)4)11-9-18(17)10-12-20(15(5)6)16(7)8/h13-16H,9-12H2,1-8H3. The van der Waals surface area contributed by atoms with Crippen molar-refractivity contribution in [2.75, 3.05) is 25.4 Å². The lowest BCUT2D eigenvalue weighted by molar-refractivity contribution is 0.547. The first-order valence-electron chi connectivity index (χ1n) is 8.09. The molecule has 0 fully saturated rings. The van der Waals surface area contributed by atoms with Crippen molar-refractivity contribution in [3.63, 3.8) is 0 Å². The van der Waals surface area contributed by atoms with Gasteiger partial charge in [0, 0.05) is 29.2 Å². The van der Waals surface area contributed by atoms with Crippen LogP contribution in [0.25, 0.3) is 0 Å². The van der Waals surface area contributed by atoms with Gasteiger partial charge in [-0.15, -0.1) is 15.8 Å². The minimum absolute atomic E-state index is 0.172. The summed E-state index contributed by atoms with van der Waals surface area (Å²) in [5.74, 6) is 0. The first-order chi connectivity index (χ1) is 9.16. The van der Waals surface area contributed by atoms with E-state index in [1.807, 2.05) is 0 Å². The quantitative estimate of drug-likeness (QED) is 0.320. The van der Waals surface area contributed by atoms with Gasteiger partial charge in [-0.1, -0.05) is 55.4 Å². The van der Waals surface area contributed by atoms with E-state index in [9.17, 15) is 0 Å². The molecule has 0 saturated heterocycles.